The fourth-order valence-electron chi connectivity index (χ4n) is 1.83. The highest BCUT2D eigenvalue weighted by atomic mass is 16.1. The Balaban J connectivity index is 2.18. The van der Waals surface area contributed by atoms with Crippen molar-refractivity contribution in [3.63, 3.8) is 0 Å². The van der Waals surface area contributed by atoms with Crippen LogP contribution in [0.3, 0.4) is 0 Å². The van der Waals surface area contributed by atoms with Crippen LogP contribution in [0.1, 0.15) is 19.8 Å². The van der Waals surface area contributed by atoms with E-state index in [0.29, 0.717) is 12.6 Å². The van der Waals surface area contributed by atoms with E-state index >= 15 is 0 Å². The van der Waals surface area contributed by atoms with Gasteiger partial charge in [-0.15, -0.1) is 0 Å². The van der Waals surface area contributed by atoms with Crippen molar-refractivity contribution in [3.05, 3.63) is 0 Å². The van der Waals surface area contributed by atoms with E-state index in [-0.39, 0.29) is 5.91 Å². The molecule has 0 aromatic rings. The number of carbonyl (C=O) groups excluding carboxylic acids is 1. The van der Waals surface area contributed by atoms with Crippen LogP contribution in [0.2, 0.25) is 0 Å². The van der Waals surface area contributed by atoms with Gasteiger partial charge in [0.1, 0.15) is 0 Å². The van der Waals surface area contributed by atoms with Gasteiger partial charge < -0.3 is 15.5 Å². The molecule has 1 saturated heterocycles. The van der Waals surface area contributed by atoms with E-state index in [1.807, 2.05) is 0 Å². The Kier molecular flexibility index (Phi) is 4.90. The molecule has 0 radical (unpaired) electrons. The molecule has 0 atom stereocenters. The third kappa shape index (κ3) is 3.64. The summed E-state index contributed by atoms with van der Waals surface area (Å²) >= 11 is 0. The van der Waals surface area contributed by atoms with Gasteiger partial charge in [0.05, 0.1) is 6.54 Å². The molecule has 1 rings (SSSR count). The predicted octanol–water partition coefficient (Wildman–Crippen LogP) is -0.194. The molecule has 14 heavy (non-hydrogen) atoms. The van der Waals surface area contributed by atoms with Gasteiger partial charge in [0.15, 0.2) is 0 Å². The zero-order chi connectivity index (χ0) is 10.4. The normalized spacial score (nSPS) is 19.6. The standard InChI is InChI=1S/C10H21N3O/c1-3-13-6-4-9(5-7-13)12-10(14)8-11-2/h9,11H,3-8H2,1-2H3,(H,12,14). The molecule has 4 heteroatoms. The zero-order valence-corrected chi connectivity index (χ0v) is 9.18. The van der Waals surface area contributed by atoms with Gasteiger partial charge in [-0.1, -0.05) is 6.92 Å². The molecule has 1 aliphatic heterocycles. The first-order valence-electron chi connectivity index (χ1n) is 5.42. The lowest BCUT2D eigenvalue weighted by atomic mass is 10.1. The molecule has 1 aliphatic rings. The maximum absolute atomic E-state index is 11.3. The number of piperidine rings is 1. The first-order valence-corrected chi connectivity index (χ1v) is 5.42. The van der Waals surface area contributed by atoms with E-state index in [4.69, 9.17) is 0 Å². The van der Waals surface area contributed by atoms with Gasteiger partial charge in [-0.3, -0.25) is 4.79 Å². The van der Waals surface area contributed by atoms with Crippen LogP contribution in [-0.4, -0.2) is 50.1 Å². The summed E-state index contributed by atoms with van der Waals surface area (Å²) in [5.74, 6) is 0.113. The summed E-state index contributed by atoms with van der Waals surface area (Å²) in [6.07, 6.45) is 2.17. The highest BCUT2D eigenvalue weighted by molar-refractivity contribution is 5.78. The highest BCUT2D eigenvalue weighted by Gasteiger charge is 2.18. The third-order valence-corrected chi connectivity index (χ3v) is 2.74. The lowest BCUT2D eigenvalue weighted by Gasteiger charge is -2.31. The van der Waals surface area contributed by atoms with Gasteiger partial charge in [-0.2, -0.15) is 0 Å². The Morgan fingerprint density at radius 3 is 2.57 bits per heavy atom. The lowest BCUT2D eigenvalue weighted by molar-refractivity contribution is -0.121. The van der Waals surface area contributed by atoms with E-state index < -0.39 is 0 Å². The number of hydrogen-bond acceptors (Lipinski definition) is 3. The summed E-state index contributed by atoms with van der Waals surface area (Å²) in [6, 6.07) is 0.388. The molecule has 82 valence electrons. The number of amides is 1. The number of likely N-dealkylation sites (N-methyl/N-ethyl adjacent to an activating group) is 1. The number of nitrogens with one attached hydrogen (secondary N) is 2. The van der Waals surface area contributed by atoms with Gasteiger partial charge in [0, 0.05) is 19.1 Å². The van der Waals surface area contributed by atoms with Crippen LogP contribution in [0, 0.1) is 0 Å². The average Bonchev–Trinajstić information content (AvgIpc) is 2.19. The fourth-order valence-corrected chi connectivity index (χ4v) is 1.83. The largest absolute Gasteiger partial charge is 0.352 e. The molecule has 1 fully saturated rings. The van der Waals surface area contributed by atoms with Crippen molar-refractivity contribution in [3.8, 4) is 0 Å². The van der Waals surface area contributed by atoms with Gasteiger partial charge in [-0.05, 0) is 26.4 Å². The molecule has 2 N–H and O–H groups in total. The Hall–Kier alpha value is -0.610. The summed E-state index contributed by atoms with van der Waals surface area (Å²) in [6.45, 7) is 5.95. The summed E-state index contributed by atoms with van der Waals surface area (Å²) in [7, 11) is 1.79. The van der Waals surface area contributed by atoms with Crippen LogP contribution >= 0.6 is 0 Å². The van der Waals surface area contributed by atoms with Crippen molar-refractivity contribution in [2.24, 2.45) is 0 Å². The molecule has 0 saturated carbocycles. The lowest BCUT2D eigenvalue weighted by Crippen LogP contribution is -2.46. The number of carbonyl (C=O) groups is 1. The molecule has 1 amide bonds. The third-order valence-electron chi connectivity index (χ3n) is 2.74. The topological polar surface area (TPSA) is 44.4 Å². The summed E-state index contributed by atoms with van der Waals surface area (Å²) in [5, 5.41) is 5.89. The number of hydrogen-bond donors (Lipinski definition) is 2. The highest BCUT2D eigenvalue weighted by Crippen LogP contribution is 2.09. The second kappa shape index (κ2) is 5.98. The summed E-state index contributed by atoms with van der Waals surface area (Å²) in [5.41, 5.74) is 0. The van der Waals surface area contributed by atoms with Crippen LogP contribution in [0.4, 0.5) is 0 Å². The van der Waals surface area contributed by atoms with Crippen LogP contribution in [0.15, 0.2) is 0 Å². The molecule has 1 heterocycles. The Labute approximate surface area is 86.0 Å². The molecule has 0 aromatic carbocycles. The van der Waals surface area contributed by atoms with Crippen molar-refractivity contribution in [2.45, 2.75) is 25.8 Å². The SMILES string of the molecule is CCN1CCC(NC(=O)CNC)CC1. The second-order valence-corrected chi connectivity index (χ2v) is 3.81. The van der Waals surface area contributed by atoms with Crippen LogP contribution in [0.25, 0.3) is 0 Å². The molecular weight excluding hydrogens is 178 g/mol. The molecular formula is C10H21N3O. The maximum Gasteiger partial charge on any atom is 0.234 e. The summed E-state index contributed by atoms with van der Waals surface area (Å²) < 4.78 is 0. The van der Waals surface area contributed by atoms with E-state index in [0.717, 1.165) is 32.5 Å². The Bertz CT molecular complexity index is 176. The van der Waals surface area contributed by atoms with Gasteiger partial charge in [-0.25, -0.2) is 0 Å². The predicted molar refractivity (Wildman–Crippen MR) is 57.2 cm³/mol. The van der Waals surface area contributed by atoms with Gasteiger partial charge in [0.2, 0.25) is 5.91 Å². The van der Waals surface area contributed by atoms with E-state index in [1.54, 1.807) is 7.05 Å². The number of rotatable bonds is 4. The number of likely N-dealkylation sites (tertiary alicyclic amines) is 1. The molecule has 0 bridgehead atoms. The number of nitrogens with zero attached hydrogens (tertiary/aromatic N) is 1. The molecule has 4 nitrogen and oxygen atoms in total. The van der Waals surface area contributed by atoms with Crippen molar-refractivity contribution in [2.75, 3.05) is 33.2 Å². The van der Waals surface area contributed by atoms with Crippen molar-refractivity contribution in [1.82, 2.24) is 15.5 Å². The maximum atomic E-state index is 11.3. The smallest absolute Gasteiger partial charge is 0.234 e. The van der Waals surface area contributed by atoms with Crippen molar-refractivity contribution >= 4 is 5.91 Å². The minimum Gasteiger partial charge on any atom is -0.352 e. The molecule has 0 spiro atoms. The van der Waals surface area contributed by atoms with Gasteiger partial charge >= 0.3 is 0 Å². The first-order chi connectivity index (χ1) is 6.76. The molecule has 0 aliphatic carbocycles. The van der Waals surface area contributed by atoms with E-state index in [9.17, 15) is 4.79 Å². The van der Waals surface area contributed by atoms with Gasteiger partial charge in [0.25, 0.3) is 0 Å². The quantitative estimate of drug-likeness (QED) is 0.659. The minimum absolute atomic E-state index is 0.113. The van der Waals surface area contributed by atoms with E-state index in [1.165, 1.54) is 0 Å². The van der Waals surface area contributed by atoms with Crippen LogP contribution in [-0.2, 0) is 4.79 Å². The molecule has 0 unspecified atom stereocenters. The van der Waals surface area contributed by atoms with E-state index in [2.05, 4.69) is 22.5 Å². The minimum atomic E-state index is 0.113. The Morgan fingerprint density at radius 2 is 2.07 bits per heavy atom. The van der Waals surface area contributed by atoms with Crippen molar-refractivity contribution in [1.29, 1.82) is 0 Å². The fraction of sp³-hybridized carbons (Fsp3) is 0.900. The zero-order valence-electron chi connectivity index (χ0n) is 9.18. The second-order valence-electron chi connectivity index (χ2n) is 3.81. The summed E-state index contributed by atoms with van der Waals surface area (Å²) in [4.78, 5) is 13.7. The first kappa shape index (κ1) is 11.5. The monoisotopic (exact) mass is 199 g/mol. The van der Waals surface area contributed by atoms with Crippen LogP contribution in [0.5, 0.6) is 0 Å². The van der Waals surface area contributed by atoms with Crippen molar-refractivity contribution < 1.29 is 4.79 Å². The molecule has 0 aromatic heterocycles. The van der Waals surface area contributed by atoms with Crippen LogP contribution < -0.4 is 10.6 Å². The Morgan fingerprint density at radius 1 is 1.43 bits per heavy atom. The average molecular weight is 199 g/mol.